The average molecular weight is 250 g/mol. The fraction of sp³-hybridized carbons (Fsp3) is 0.556. The van der Waals surface area contributed by atoms with Crippen molar-refractivity contribution in [3.63, 3.8) is 0 Å². The van der Waals surface area contributed by atoms with E-state index < -0.39 is 0 Å². The van der Waals surface area contributed by atoms with E-state index in [-0.39, 0.29) is 5.38 Å². The van der Waals surface area contributed by atoms with Crippen molar-refractivity contribution in [2.24, 2.45) is 0 Å². The number of aromatic nitrogens is 2. The summed E-state index contributed by atoms with van der Waals surface area (Å²) < 4.78 is 4.95. The predicted octanol–water partition coefficient (Wildman–Crippen LogP) is 1.82. The largest absolute Gasteiger partial charge is 0.383 e. The average Bonchev–Trinajstić information content (AvgIpc) is 2.18. The molecule has 6 heteroatoms. The van der Waals surface area contributed by atoms with Gasteiger partial charge in [-0.3, -0.25) is 0 Å². The van der Waals surface area contributed by atoms with E-state index in [2.05, 4.69) is 9.97 Å². The topological polar surface area (TPSA) is 38.2 Å². The van der Waals surface area contributed by atoms with Gasteiger partial charge in [-0.25, -0.2) is 9.97 Å². The summed E-state index contributed by atoms with van der Waals surface area (Å²) in [6.45, 7) is 1.11. The molecule has 0 radical (unpaired) electrons. The highest BCUT2D eigenvalue weighted by atomic mass is 35.5. The Morgan fingerprint density at radius 3 is 2.93 bits per heavy atom. The van der Waals surface area contributed by atoms with E-state index in [0.29, 0.717) is 24.0 Å². The minimum Gasteiger partial charge on any atom is -0.383 e. The highest BCUT2D eigenvalue weighted by Crippen LogP contribution is 2.20. The van der Waals surface area contributed by atoms with Crippen LogP contribution in [0.4, 0.5) is 5.82 Å². The first kappa shape index (κ1) is 12.5. The van der Waals surface area contributed by atoms with Crippen LogP contribution in [0.25, 0.3) is 0 Å². The Labute approximate surface area is 99.2 Å². The lowest BCUT2D eigenvalue weighted by molar-refractivity contribution is 0.199. The number of nitrogens with zero attached hydrogens (tertiary/aromatic N) is 3. The van der Waals surface area contributed by atoms with Crippen LogP contribution in [0, 0.1) is 0 Å². The van der Waals surface area contributed by atoms with Crippen molar-refractivity contribution < 1.29 is 4.74 Å². The Morgan fingerprint density at radius 1 is 1.60 bits per heavy atom. The lowest BCUT2D eigenvalue weighted by atomic mass is 10.4. The van der Waals surface area contributed by atoms with Crippen LogP contribution in [-0.4, -0.2) is 42.7 Å². The second kappa shape index (κ2) is 6.10. The zero-order valence-electron chi connectivity index (χ0n) is 8.65. The third kappa shape index (κ3) is 3.81. The summed E-state index contributed by atoms with van der Waals surface area (Å²) in [6, 6.07) is 0. The lowest BCUT2D eigenvalue weighted by Gasteiger charge is -2.21. The molecule has 0 aliphatic heterocycles. The molecular weight excluding hydrogens is 237 g/mol. The van der Waals surface area contributed by atoms with Gasteiger partial charge in [-0.2, -0.15) is 0 Å². The van der Waals surface area contributed by atoms with E-state index in [1.54, 1.807) is 13.3 Å². The van der Waals surface area contributed by atoms with Crippen molar-refractivity contribution in [1.82, 2.24) is 9.97 Å². The van der Waals surface area contributed by atoms with Crippen LogP contribution in [0.2, 0.25) is 5.02 Å². The summed E-state index contributed by atoms with van der Waals surface area (Å²) in [5.74, 6) is 0.674. The van der Waals surface area contributed by atoms with Gasteiger partial charge < -0.3 is 9.64 Å². The fourth-order valence-electron chi connectivity index (χ4n) is 1.20. The van der Waals surface area contributed by atoms with Gasteiger partial charge in [-0.05, 0) is 0 Å². The number of methoxy groups -OCH3 is 1. The first-order valence-electron chi connectivity index (χ1n) is 4.44. The molecule has 0 aliphatic rings. The number of ether oxygens (including phenoxy) is 1. The maximum atomic E-state index is 6.02. The van der Waals surface area contributed by atoms with E-state index >= 15 is 0 Å². The van der Waals surface area contributed by atoms with E-state index in [9.17, 15) is 0 Å². The number of rotatable bonds is 5. The Morgan fingerprint density at radius 2 is 2.33 bits per heavy atom. The fourth-order valence-corrected chi connectivity index (χ4v) is 1.79. The van der Waals surface area contributed by atoms with Crippen molar-refractivity contribution >= 4 is 29.0 Å². The minimum atomic E-state index is -0.0916. The van der Waals surface area contributed by atoms with Crippen LogP contribution in [0.1, 0.15) is 0 Å². The van der Waals surface area contributed by atoms with Gasteiger partial charge in [0, 0.05) is 20.7 Å². The highest BCUT2D eigenvalue weighted by Gasteiger charge is 2.12. The minimum absolute atomic E-state index is 0.0916. The summed E-state index contributed by atoms with van der Waals surface area (Å²) in [4.78, 5) is 9.77. The molecule has 0 N–H and O–H groups in total. The molecule has 0 fully saturated rings. The van der Waals surface area contributed by atoms with Crippen molar-refractivity contribution in [3.05, 3.63) is 17.5 Å². The summed E-state index contributed by atoms with van der Waals surface area (Å²) in [5.41, 5.74) is 0. The third-order valence-electron chi connectivity index (χ3n) is 1.83. The molecule has 0 saturated heterocycles. The molecule has 1 heterocycles. The molecule has 0 saturated carbocycles. The number of alkyl halides is 1. The number of halogens is 2. The molecule has 1 aromatic rings. The van der Waals surface area contributed by atoms with Crippen molar-refractivity contribution in [2.45, 2.75) is 5.38 Å². The number of hydrogen-bond acceptors (Lipinski definition) is 4. The van der Waals surface area contributed by atoms with Crippen molar-refractivity contribution in [3.8, 4) is 0 Å². The van der Waals surface area contributed by atoms with E-state index in [4.69, 9.17) is 27.9 Å². The number of anilines is 1. The molecular formula is C9H13Cl2N3O. The zero-order valence-corrected chi connectivity index (χ0v) is 10.2. The summed E-state index contributed by atoms with van der Waals surface area (Å²) in [6.07, 6.45) is 3.01. The van der Waals surface area contributed by atoms with Gasteiger partial charge in [0.25, 0.3) is 0 Å². The molecule has 0 aromatic carbocycles. The van der Waals surface area contributed by atoms with Crippen LogP contribution in [0.3, 0.4) is 0 Å². The molecule has 1 aromatic heterocycles. The molecule has 1 unspecified atom stereocenters. The molecule has 0 aliphatic carbocycles. The Bertz CT molecular complexity index is 311. The predicted molar refractivity (Wildman–Crippen MR) is 61.8 cm³/mol. The standard InChI is InChI=1S/C9H13Cl2N3O/c1-14(4-7(10)5-15-2)9-8(11)3-12-6-13-9/h3,6-7H,4-5H2,1-2H3. The van der Waals surface area contributed by atoms with Crippen LogP contribution in [-0.2, 0) is 4.74 Å². The Hall–Kier alpha value is -0.580. The molecule has 1 rings (SSSR count). The quantitative estimate of drug-likeness (QED) is 0.747. The van der Waals surface area contributed by atoms with Crippen LogP contribution in [0.15, 0.2) is 12.5 Å². The number of hydrogen-bond donors (Lipinski definition) is 0. The second-order valence-electron chi connectivity index (χ2n) is 3.13. The van der Waals surface area contributed by atoms with Gasteiger partial charge in [0.05, 0.1) is 18.2 Å². The summed E-state index contributed by atoms with van der Waals surface area (Å²) >= 11 is 12.0. The smallest absolute Gasteiger partial charge is 0.150 e. The molecule has 4 nitrogen and oxygen atoms in total. The van der Waals surface area contributed by atoms with Gasteiger partial charge in [0.1, 0.15) is 11.3 Å². The van der Waals surface area contributed by atoms with Gasteiger partial charge >= 0.3 is 0 Å². The van der Waals surface area contributed by atoms with Gasteiger partial charge in [-0.1, -0.05) is 11.6 Å². The maximum absolute atomic E-state index is 6.02. The lowest BCUT2D eigenvalue weighted by Crippen LogP contribution is -2.29. The highest BCUT2D eigenvalue weighted by molar-refractivity contribution is 6.32. The molecule has 84 valence electrons. The molecule has 1 atom stereocenters. The third-order valence-corrected chi connectivity index (χ3v) is 2.36. The molecule has 0 bridgehead atoms. The van der Waals surface area contributed by atoms with E-state index in [1.165, 1.54) is 6.33 Å². The monoisotopic (exact) mass is 249 g/mol. The Balaban J connectivity index is 2.61. The summed E-state index contributed by atoms with van der Waals surface area (Å²) in [5, 5.41) is 0.423. The maximum Gasteiger partial charge on any atom is 0.150 e. The van der Waals surface area contributed by atoms with Crippen LogP contribution < -0.4 is 4.90 Å². The van der Waals surface area contributed by atoms with Crippen LogP contribution in [0.5, 0.6) is 0 Å². The zero-order chi connectivity index (χ0) is 11.3. The molecule has 0 amide bonds. The SMILES string of the molecule is COCC(Cl)CN(C)c1ncncc1Cl. The second-order valence-corrected chi connectivity index (χ2v) is 4.15. The Kier molecular flexibility index (Phi) is 5.08. The molecule has 15 heavy (non-hydrogen) atoms. The normalized spacial score (nSPS) is 12.5. The van der Waals surface area contributed by atoms with Gasteiger partial charge in [0.15, 0.2) is 5.82 Å². The van der Waals surface area contributed by atoms with Crippen molar-refractivity contribution in [2.75, 3.05) is 32.2 Å². The first-order valence-corrected chi connectivity index (χ1v) is 5.26. The van der Waals surface area contributed by atoms with E-state index in [0.717, 1.165) is 0 Å². The van der Waals surface area contributed by atoms with Gasteiger partial charge in [0.2, 0.25) is 0 Å². The first-order chi connectivity index (χ1) is 7.15. The van der Waals surface area contributed by atoms with Crippen LogP contribution >= 0.6 is 23.2 Å². The molecule has 0 spiro atoms. The van der Waals surface area contributed by atoms with Gasteiger partial charge in [-0.15, -0.1) is 11.6 Å². The van der Waals surface area contributed by atoms with Crippen molar-refractivity contribution in [1.29, 1.82) is 0 Å². The summed E-state index contributed by atoms with van der Waals surface area (Å²) in [7, 11) is 3.49. The van der Waals surface area contributed by atoms with E-state index in [1.807, 2.05) is 11.9 Å².